The van der Waals surface area contributed by atoms with Gasteiger partial charge in [0, 0.05) is 31.3 Å². The Kier molecular flexibility index (Phi) is 6.31. The van der Waals surface area contributed by atoms with E-state index in [1.54, 1.807) is 25.1 Å². The van der Waals surface area contributed by atoms with Crippen LogP contribution in [0.2, 0.25) is 0 Å². The summed E-state index contributed by atoms with van der Waals surface area (Å²) in [6, 6.07) is 5.77. The first-order valence-electron chi connectivity index (χ1n) is 6.69. The first kappa shape index (κ1) is 16.3. The second-order valence-electron chi connectivity index (χ2n) is 4.89. The summed E-state index contributed by atoms with van der Waals surface area (Å²) in [5.74, 6) is 1.34. The van der Waals surface area contributed by atoms with E-state index in [0.29, 0.717) is 18.0 Å². The number of amides is 1. The largest absolute Gasteiger partial charge is 0.497 e. The molecule has 0 radical (unpaired) electrons. The lowest BCUT2D eigenvalue weighted by atomic mass is 10.2. The van der Waals surface area contributed by atoms with E-state index in [4.69, 9.17) is 9.47 Å². The number of carbonyl (C=O) groups is 1. The van der Waals surface area contributed by atoms with Gasteiger partial charge in [0.05, 0.1) is 7.11 Å². The van der Waals surface area contributed by atoms with E-state index in [0.717, 1.165) is 5.56 Å². The molecule has 0 saturated heterocycles. The number of nitrogens with zero attached hydrogens (tertiary/aromatic N) is 1. The molecular weight excluding hydrogens is 256 g/mol. The van der Waals surface area contributed by atoms with Gasteiger partial charge in [-0.3, -0.25) is 4.79 Å². The van der Waals surface area contributed by atoms with Crippen LogP contribution >= 0.6 is 0 Å². The van der Waals surface area contributed by atoms with Crippen molar-refractivity contribution in [2.24, 2.45) is 0 Å². The molecule has 112 valence electrons. The molecule has 1 aromatic rings. The third-order valence-electron chi connectivity index (χ3n) is 3.16. The first-order valence-corrected chi connectivity index (χ1v) is 6.69. The number of rotatable bonds is 7. The summed E-state index contributed by atoms with van der Waals surface area (Å²) in [7, 11) is 5.25. The Morgan fingerprint density at radius 3 is 2.65 bits per heavy atom. The Balaban J connectivity index is 2.77. The van der Waals surface area contributed by atoms with E-state index in [-0.39, 0.29) is 18.6 Å². The predicted molar refractivity (Wildman–Crippen MR) is 79.2 cm³/mol. The van der Waals surface area contributed by atoms with Crippen LogP contribution in [0.3, 0.4) is 0 Å². The van der Waals surface area contributed by atoms with Crippen LogP contribution in [0.25, 0.3) is 0 Å². The SMILES string of the molecule is CNCc1ccc(OC)cc1OCC(=O)N(C)C(C)C. The fourth-order valence-electron chi connectivity index (χ4n) is 1.66. The Hall–Kier alpha value is -1.75. The monoisotopic (exact) mass is 280 g/mol. The lowest BCUT2D eigenvalue weighted by molar-refractivity contribution is -0.133. The highest BCUT2D eigenvalue weighted by Gasteiger charge is 2.14. The van der Waals surface area contributed by atoms with E-state index < -0.39 is 0 Å². The summed E-state index contributed by atoms with van der Waals surface area (Å²) in [6.45, 7) is 4.64. The van der Waals surface area contributed by atoms with E-state index in [1.807, 2.05) is 33.0 Å². The van der Waals surface area contributed by atoms with Crippen molar-refractivity contribution in [2.75, 3.05) is 27.8 Å². The smallest absolute Gasteiger partial charge is 0.260 e. The van der Waals surface area contributed by atoms with Gasteiger partial charge in [-0.1, -0.05) is 6.07 Å². The van der Waals surface area contributed by atoms with Crippen LogP contribution in [0, 0.1) is 0 Å². The van der Waals surface area contributed by atoms with Crippen molar-refractivity contribution in [3.05, 3.63) is 23.8 Å². The zero-order valence-electron chi connectivity index (χ0n) is 12.9. The zero-order valence-corrected chi connectivity index (χ0v) is 12.9. The molecule has 0 aliphatic rings. The molecule has 0 atom stereocenters. The maximum atomic E-state index is 11.9. The summed E-state index contributed by atoms with van der Waals surface area (Å²) in [6.07, 6.45) is 0. The molecule has 0 unspecified atom stereocenters. The molecule has 0 aliphatic carbocycles. The van der Waals surface area contributed by atoms with Gasteiger partial charge in [-0.25, -0.2) is 0 Å². The Morgan fingerprint density at radius 2 is 2.10 bits per heavy atom. The third-order valence-corrected chi connectivity index (χ3v) is 3.16. The Bertz CT molecular complexity index is 447. The first-order chi connectivity index (χ1) is 9.49. The van der Waals surface area contributed by atoms with Gasteiger partial charge in [0.25, 0.3) is 5.91 Å². The van der Waals surface area contributed by atoms with Crippen LogP contribution in [-0.2, 0) is 11.3 Å². The second kappa shape index (κ2) is 7.75. The van der Waals surface area contributed by atoms with Crippen LogP contribution in [0.15, 0.2) is 18.2 Å². The number of likely N-dealkylation sites (N-methyl/N-ethyl adjacent to an activating group) is 1. The van der Waals surface area contributed by atoms with Crippen LogP contribution in [-0.4, -0.2) is 44.7 Å². The minimum absolute atomic E-state index is 0.0264. The number of benzene rings is 1. The van der Waals surface area contributed by atoms with Gasteiger partial charge >= 0.3 is 0 Å². The summed E-state index contributed by atoms with van der Waals surface area (Å²) in [4.78, 5) is 13.6. The molecule has 0 bridgehead atoms. The summed E-state index contributed by atoms with van der Waals surface area (Å²) >= 11 is 0. The molecule has 0 spiro atoms. The lowest BCUT2D eigenvalue weighted by Gasteiger charge is -2.22. The molecule has 1 aromatic carbocycles. The highest BCUT2D eigenvalue weighted by atomic mass is 16.5. The maximum absolute atomic E-state index is 11.9. The molecule has 0 saturated carbocycles. The highest BCUT2D eigenvalue weighted by Crippen LogP contribution is 2.24. The topological polar surface area (TPSA) is 50.8 Å². The highest BCUT2D eigenvalue weighted by molar-refractivity contribution is 5.77. The average molecular weight is 280 g/mol. The average Bonchev–Trinajstić information content (AvgIpc) is 2.45. The normalized spacial score (nSPS) is 10.5. The van der Waals surface area contributed by atoms with Crippen molar-refractivity contribution in [1.29, 1.82) is 0 Å². The zero-order chi connectivity index (χ0) is 15.1. The molecule has 20 heavy (non-hydrogen) atoms. The van der Waals surface area contributed by atoms with Crippen molar-refractivity contribution in [2.45, 2.75) is 26.4 Å². The van der Waals surface area contributed by atoms with Gasteiger partial charge in [0.15, 0.2) is 6.61 Å². The van der Waals surface area contributed by atoms with Crippen molar-refractivity contribution >= 4 is 5.91 Å². The van der Waals surface area contributed by atoms with Crippen LogP contribution in [0.5, 0.6) is 11.5 Å². The van der Waals surface area contributed by atoms with E-state index >= 15 is 0 Å². The molecule has 1 rings (SSSR count). The van der Waals surface area contributed by atoms with Gasteiger partial charge in [0.1, 0.15) is 11.5 Å². The molecule has 0 fully saturated rings. The molecule has 5 nitrogen and oxygen atoms in total. The number of hydrogen-bond donors (Lipinski definition) is 1. The van der Waals surface area contributed by atoms with Gasteiger partial charge in [-0.2, -0.15) is 0 Å². The number of nitrogens with one attached hydrogen (secondary N) is 1. The van der Waals surface area contributed by atoms with Crippen LogP contribution < -0.4 is 14.8 Å². The van der Waals surface area contributed by atoms with Gasteiger partial charge < -0.3 is 19.7 Å². The Labute approximate surface area is 120 Å². The molecule has 0 aromatic heterocycles. The fourth-order valence-corrected chi connectivity index (χ4v) is 1.66. The van der Waals surface area contributed by atoms with Gasteiger partial charge in [-0.05, 0) is 27.0 Å². The van der Waals surface area contributed by atoms with E-state index in [9.17, 15) is 4.79 Å². The van der Waals surface area contributed by atoms with Gasteiger partial charge in [0.2, 0.25) is 0 Å². The molecule has 0 heterocycles. The van der Waals surface area contributed by atoms with Crippen molar-refractivity contribution in [1.82, 2.24) is 10.2 Å². The number of hydrogen-bond acceptors (Lipinski definition) is 4. The molecule has 5 heteroatoms. The fraction of sp³-hybridized carbons (Fsp3) is 0.533. The maximum Gasteiger partial charge on any atom is 0.260 e. The number of carbonyl (C=O) groups excluding carboxylic acids is 1. The minimum Gasteiger partial charge on any atom is -0.497 e. The molecule has 1 amide bonds. The van der Waals surface area contributed by atoms with E-state index in [2.05, 4.69) is 5.32 Å². The van der Waals surface area contributed by atoms with Crippen molar-refractivity contribution in [3.63, 3.8) is 0 Å². The molecule has 0 aliphatic heterocycles. The lowest BCUT2D eigenvalue weighted by Crippen LogP contribution is -2.36. The molecule has 1 N–H and O–H groups in total. The van der Waals surface area contributed by atoms with E-state index in [1.165, 1.54) is 0 Å². The predicted octanol–water partition coefficient (Wildman–Crippen LogP) is 1.66. The number of methoxy groups -OCH3 is 1. The molecular formula is C15H24N2O3. The quantitative estimate of drug-likeness (QED) is 0.825. The second-order valence-corrected chi connectivity index (χ2v) is 4.89. The van der Waals surface area contributed by atoms with Crippen molar-refractivity contribution in [3.8, 4) is 11.5 Å². The summed E-state index contributed by atoms with van der Waals surface area (Å²) in [5.41, 5.74) is 0.994. The van der Waals surface area contributed by atoms with Crippen molar-refractivity contribution < 1.29 is 14.3 Å². The Morgan fingerprint density at radius 1 is 1.40 bits per heavy atom. The van der Waals surface area contributed by atoms with Gasteiger partial charge in [-0.15, -0.1) is 0 Å². The van der Waals surface area contributed by atoms with Crippen LogP contribution in [0.1, 0.15) is 19.4 Å². The summed E-state index contributed by atoms with van der Waals surface area (Å²) in [5, 5.41) is 3.07. The summed E-state index contributed by atoms with van der Waals surface area (Å²) < 4.78 is 10.8. The number of ether oxygens (including phenoxy) is 2. The third kappa shape index (κ3) is 4.42. The standard InChI is InChI=1S/C15H24N2O3/c1-11(2)17(4)15(18)10-20-14-8-13(19-5)7-6-12(14)9-16-3/h6-8,11,16H,9-10H2,1-5H3. The minimum atomic E-state index is -0.0433. The van der Waals surface area contributed by atoms with Crippen LogP contribution in [0.4, 0.5) is 0 Å².